The second-order valence-corrected chi connectivity index (χ2v) is 19.4. The van der Waals surface area contributed by atoms with Crippen molar-refractivity contribution in [2.45, 2.75) is 31.7 Å². The van der Waals surface area contributed by atoms with Crippen LogP contribution in [0.15, 0.2) is 238 Å². The highest BCUT2D eigenvalue weighted by Gasteiger charge is 2.37. The van der Waals surface area contributed by atoms with Gasteiger partial charge in [-0.05, 0) is 161 Å². The molecule has 13 rings (SSSR count). The molecule has 2 aliphatic rings. The zero-order chi connectivity index (χ0) is 47.8. The van der Waals surface area contributed by atoms with E-state index in [-0.39, 0.29) is 11.5 Å². The van der Waals surface area contributed by atoms with Crippen LogP contribution in [-0.4, -0.2) is 15.2 Å². The number of aromatic nitrogens is 2. The fraction of sp³-hybridized carbons (Fsp3) is 0.0746. The second kappa shape index (κ2) is 16.7. The van der Waals surface area contributed by atoms with E-state index >= 15 is 0 Å². The molecule has 2 aromatic heterocycles. The smallest absolute Gasteiger partial charge is 0.0559 e. The van der Waals surface area contributed by atoms with Crippen molar-refractivity contribution < 1.29 is 0 Å². The maximum absolute atomic E-state index is 4.12. The van der Waals surface area contributed by atoms with Crippen LogP contribution < -0.4 is 9.80 Å². The lowest BCUT2D eigenvalue weighted by Gasteiger charge is -2.34. The van der Waals surface area contributed by atoms with Crippen molar-refractivity contribution in [1.82, 2.24) is 9.13 Å². The Morgan fingerprint density at radius 2 is 0.887 bits per heavy atom. The van der Waals surface area contributed by atoms with Gasteiger partial charge in [-0.1, -0.05) is 142 Å². The summed E-state index contributed by atoms with van der Waals surface area (Å²) in [6.45, 7) is 13.0. The van der Waals surface area contributed by atoms with Crippen LogP contribution >= 0.6 is 0 Å². The Morgan fingerprint density at radius 3 is 1.42 bits per heavy atom. The number of hydrogen-bond donors (Lipinski definition) is 0. The minimum absolute atomic E-state index is 0.141. The number of rotatable bonds is 10. The number of benzene rings is 9. The standard InChI is InChI=1S/C67H52N4/c1-5-45-27-35-63-57(39-45)59-41-51(31-37-65(59)70(63)49-23-15-9-16-24-49)68(47-19-11-7-12-20-47)53-29-33-55-56-34-30-54(44-62(56)67(3,4)61(55)43-53)69(48-21-13-8-14-22-48)52-32-38-66-60(42-52)58-40-46(6-2)28-36-64(58)71(66)50-25-17-10-18-26-50/h5-21,23-44,48H,1-2,22H2,3-4H3. The Hall–Kier alpha value is -8.86. The average Bonchev–Trinajstić information content (AvgIpc) is 4.01. The van der Waals surface area contributed by atoms with E-state index in [1.807, 2.05) is 12.2 Å². The van der Waals surface area contributed by atoms with Gasteiger partial charge in [-0.2, -0.15) is 0 Å². The Kier molecular flexibility index (Phi) is 9.93. The molecule has 0 fully saturated rings. The number of para-hydroxylation sites is 3. The molecule has 0 bridgehead atoms. The fourth-order valence-corrected chi connectivity index (χ4v) is 11.6. The van der Waals surface area contributed by atoms with Gasteiger partial charge in [0.05, 0.1) is 28.1 Å². The molecule has 0 radical (unpaired) electrons. The van der Waals surface area contributed by atoms with Gasteiger partial charge in [-0.15, -0.1) is 0 Å². The first-order valence-electron chi connectivity index (χ1n) is 24.7. The fourth-order valence-electron chi connectivity index (χ4n) is 11.6. The van der Waals surface area contributed by atoms with Gasteiger partial charge in [0.15, 0.2) is 0 Å². The maximum atomic E-state index is 4.12. The van der Waals surface area contributed by atoms with Crippen molar-refractivity contribution in [3.05, 3.63) is 260 Å². The summed E-state index contributed by atoms with van der Waals surface area (Å²) >= 11 is 0. The Balaban J connectivity index is 0.927. The van der Waals surface area contributed by atoms with Gasteiger partial charge in [-0.3, -0.25) is 0 Å². The predicted molar refractivity (Wildman–Crippen MR) is 303 cm³/mol. The van der Waals surface area contributed by atoms with Crippen molar-refractivity contribution in [1.29, 1.82) is 0 Å². The summed E-state index contributed by atoms with van der Waals surface area (Å²) in [5.41, 5.74) is 19.8. The van der Waals surface area contributed by atoms with Gasteiger partial charge >= 0.3 is 0 Å². The van der Waals surface area contributed by atoms with Crippen LogP contribution in [-0.2, 0) is 5.41 Å². The van der Waals surface area contributed by atoms with Gasteiger partial charge in [-0.25, -0.2) is 0 Å². The van der Waals surface area contributed by atoms with E-state index in [1.54, 1.807) is 0 Å². The lowest BCUT2D eigenvalue weighted by molar-refractivity contribution is 0.659. The quantitative estimate of drug-likeness (QED) is 0.136. The predicted octanol–water partition coefficient (Wildman–Crippen LogP) is 18.0. The third kappa shape index (κ3) is 6.81. The molecule has 1 unspecified atom stereocenters. The highest BCUT2D eigenvalue weighted by atomic mass is 15.2. The molecule has 0 aliphatic heterocycles. The molecule has 0 N–H and O–H groups in total. The summed E-state index contributed by atoms with van der Waals surface area (Å²) in [6, 6.07) is 73.9. The van der Waals surface area contributed by atoms with Crippen molar-refractivity contribution >= 4 is 84.2 Å². The van der Waals surface area contributed by atoms with Crippen LogP contribution in [0.2, 0.25) is 0 Å². The van der Waals surface area contributed by atoms with E-state index in [9.17, 15) is 0 Å². The van der Waals surface area contributed by atoms with E-state index in [2.05, 4.69) is 270 Å². The number of anilines is 5. The number of hydrogen-bond acceptors (Lipinski definition) is 2. The molecule has 2 aliphatic carbocycles. The largest absolute Gasteiger partial charge is 0.334 e. The van der Waals surface area contributed by atoms with E-state index in [1.165, 1.54) is 71.6 Å². The summed E-state index contributed by atoms with van der Waals surface area (Å²) in [6.07, 6.45) is 13.8. The second-order valence-electron chi connectivity index (χ2n) is 19.4. The van der Waals surface area contributed by atoms with Gasteiger partial charge in [0, 0.05) is 66.8 Å². The van der Waals surface area contributed by atoms with Crippen LogP contribution in [0.3, 0.4) is 0 Å². The molecular weight excluding hydrogens is 861 g/mol. The third-order valence-corrected chi connectivity index (χ3v) is 15.1. The van der Waals surface area contributed by atoms with E-state index < -0.39 is 0 Å². The van der Waals surface area contributed by atoms with Crippen LogP contribution in [0, 0.1) is 0 Å². The van der Waals surface area contributed by atoms with Crippen molar-refractivity contribution in [2.75, 3.05) is 9.80 Å². The van der Waals surface area contributed by atoms with Crippen LogP contribution in [0.1, 0.15) is 42.5 Å². The zero-order valence-corrected chi connectivity index (χ0v) is 40.0. The molecule has 0 spiro atoms. The molecule has 0 saturated carbocycles. The first-order chi connectivity index (χ1) is 34.9. The summed E-state index contributed by atoms with van der Waals surface area (Å²) in [7, 11) is 0. The molecule has 340 valence electrons. The summed E-state index contributed by atoms with van der Waals surface area (Å²) in [4.78, 5) is 4.97. The Morgan fingerprint density at radius 1 is 0.451 bits per heavy atom. The monoisotopic (exact) mass is 912 g/mol. The molecule has 2 heterocycles. The van der Waals surface area contributed by atoms with Gasteiger partial charge in [0.2, 0.25) is 0 Å². The Labute approximate surface area is 415 Å². The Bertz CT molecular complexity index is 3980. The number of allylic oxidation sites excluding steroid dienone is 2. The molecular formula is C67H52N4. The zero-order valence-electron chi connectivity index (χ0n) is 40.0. The van der Waals surface area contributed by atoms with Crippen molar-refractivity contribution in [2.24, 2.45) is 0 Å². The number of fused-ring (bicyclic) bond motifs is 9. The summed E-state index contributed by atoms with van der Waals surface area (Å²) < 4.78 is 4.76. The molecule has 11 aromatic rings. The average molecular weight is 913 g/mol. The topological polar surface area (TPSA) is 16.3 Å². The van der Waals surface area contributed by atoms with Crippen molar-refractivity contribution in [3.8, 4) is 22.5 Å². The molecule has 0 saturated heterocycles. The lowest BCUT2D eigenvalue weighted by atomic mass is 9.82. The normalized spacial score (nSPS) is 14.5. The molecule has 4 nitrogen and oxygen atoms in total. The summed E-state index contributed by atoms with van der Waals surface area (Å²) in [5.74, 6) is 0. The number of nitrogens with zero attached hydrogens (tertiary/aromatic N) is 4. The van der Waals surface area contributed by atoms with Gasteiger partial charge in [0.1, 0.15) is 0 Å². The van der Waals surface area contributed by atoms with Crippen LogP contribution in [0.25, 0.3) is 78.3 Å². The molecule has 0 amide bonds. The molecule has 1 atom stereocenters. The molecule has 4 heteroatoms. The van der Waals surface area contributed by atoms with Crippen LogP contribution in [0.5, 0.6) is 0 Å². The minimum Gasteiger partial charge on any atom is -0.334 e. The van der Waals surface area contributed by atoms with Gasteiger partial charge in [0.25, 0.3) is 0 Å². The highest BCUT2D eigenvalue weighted by molar-refractivity contribution is 6.12. The molecule has 9 aromatic carbocycles. The SMILES string of the molecule is C=Cc1ccc2c(c1)c1cc(N(c3ccccc3)c3ccc4c(c3)C(C)(C)c3cc(N(c5ccc6c(c5)c5cc(C=C)ccc5n6-c5ccccc5)C5C=CC=CC5)ccc3-4)ccc1n2-c1ccccc1. The highest BCUT2D eigenvalue weighted by Crippen LogP contribution is 2.53. The first-order valence-corrected chi connectivity index (χ1v) is 24.7. The maximum Gasteiger partial charge on any atom is 0.0559 e. The van der Waals surface area contributed by atoms with E-state index in [4.69, 9.17) is 0 Å². The third-order valence-electron chi connectivity index (χ3n) is 15.1. The first kappa shape index (κ1) is 42.3. The van der Waals surface area contributed by atoms with Crippen molar-refractivity contribution in [3.63, 3.8) is 0 Å². The molecule has 71 heavy (non-hydrogen) atoms. The lowest BCUT2D eigenvalue weighted by Crippen LogP contribution is -2.30. The minimum atomic E-state index is -0.282. The van der Waals surface area contributed by atoms with Crippen LogP contribution in [0.4, 0.5) is 28.4 Å². The van der Waals surface area contributed by atoms with E-state index in [0.717, 1.165) is 51.7 Å². The van der Waals surface area contributed by atoms with E-state index in [0.29, 0.717) is 0 Å². The van der Waals surface area contributed by atoms with Gasteiger partial charge < -0.3 is 18.9 Å². The summed E-state index contributed by atoms with van der Waals surface area (Å²) in [5, 5.41) is 4.83.